The largest absolute Gasteiger partial charge is 0.459 e. The second-order valence-electron chi connectivity index (χ2n) is 4.81. The quantitative estimate of drug-likeness (QED) is 0.684. The Hall–Kier alpha value is -1.79. The summed E-state index contributed by atoms with van der Waals surface area (Å²) < 4.78 is 5.95. The number of benzene rings is 1. The minimum absolute atomic E-state index is 0.145. The van der Waals surface area contributed by atoms with E-state index in [0.717, 1.165) is 40.0 Å². The number of aromatic amines is 1. The number of nitrogens with one attached hydrogen (secondary N) is 2. The van der Waals surface area contributed by atoms with E-state index in [-0.39, 0.29) is 6.04 Å². The summed E-state index contributed by atoms with van der Waals surface area (Å²) in [6, 6.07) is 10.3. The number of furan rings is 1. The van der Waals surface area contributed by atoms with Crippen LogP contribution in [0, 0.1) is 6.92 Å². The highest BCUT2D eigenvalue weighted by molar-refractivity contribution is 7.99. The number of hydrogen-bond donors (Lipinski definition) is 2. The van der Waals surface area contributed by atoms with Crippen molar-refractivity contribution in [1.29, 1.82) is 0 Å². The number of fused-ring (bicyclic) bond motifs is 1. The molecule has 3 aromatic rings. The second kappa shape index (κ2) is 6.32. The molecule has 0 radical (unpaired) electrons. The molecule has 1 unspecified atom stereocenters. The van der Waals surface area contributed by atoms with E-state index in [0.29, 0.717) is 0 Å². The predicted octanol–water partition coefficient (Wildman–Crippen LogP) is 3.30. The molecule has 0 fully saturated rings. The Balaban J connectivity index is 1.76. The van der Waals surface area contributed by atoms with E-state index in [9.17, 15) is 0 Å². The van der Waals surface area contributed by atoms with Gasteiger partial charge >= 0.3 is 0 Å². The van der Waals surface area contributed by atoms with Gasteiger partial charge in [0.1, 0.15) is 17.2 Å². The molecule has 0 aliphatic rings. The number of aromatic nitrogens is 3. The third-order valence-corrected chi connectivity index (χ3v) is 4.14. The first-order valence-electron chi connectivity index (χ1n) is 7.00. The number of para-hydroxylation sites is 1. The number of hydrogen-bond acceptors (Lipinski definition) is 5. The predicted molar refractivity (Wildman–Crippen MR) is 84.5 cm³/mol. The van der Waals surface area contributed by atoms with Crippen molar-refractivity contribution < 1.29 is 4.42 Å². The monoisotopic (exact) mass is 302 g/mol. The molecular weight excluding hydrogens is 284 g/mol. The summed E-state index contributed by atoms with van der Waals surface area (Å²) in [7, 11) is 0. The molecule has 0 aliphatic carbocycles. The van der Waals surface area contributed by atoms with E-state index in [2.05, 4.69) is 39.6 Å². The molecule has 1 atom stereocenters. The van der Waals surface area contributed by atoms with Crippen LogP contribution in [0.5, 0.6) is 0 Å². The summed E-state index contributed by atoms with van der Waals surface area (Å²) in [4.78, 5) is 4.32. The van der Waals surface area contributed by atoms with Gasteiger partial charge in [0.05, 0.1) is 6.04 Å². The van der Waals surface area contributed by atoms with Crippen LogP contribution in [0.25, 0.3) is 11.0 Å². The van der Waals surface area contributed by atoms with E-state index in [1.807, 2.05) is 25.1 Å². The van der Waals surface area contributed by atoms with Gasteiger partial charge in [-0.15, -0.1) is 5.10 Å². The molecular formula is C15H18N4OS. The van der Waals surface area contributed by atoms with Crippen LogP contribution in [0.15, 0.2) is 39.9 Å². The molecule has 0 aliphatic heterocycles. The average Bonchev–Trinajstić information content (AvgIpc) is 3.09. The molecule has 21 heavy (non-hydrogen) atoms. The smallest absolute Gasteiger partial charge is 0.208 e. The van der Waals surface area contributed by atoms with Gasteiger partial charge in [-0.1, -0.05) is 36.9 Å². The number of nitrogens with zero attached hydrogens (tertiary/aromatic N) is 2. The molecule has 110 valence electrons. The van der Waals surface area contributed by atoms with Gasteiger partial charge < -0.3 is 9.73 Å². The average molecular weight is 302 g/mol. The normalized spacial score (nSPS) is 12.9. The zero-order valence-electron chi connectivity index (χ0n) is 12.1. The van der Waals surface area contributed by atoms with Crippen LogP contribution in [-0.4, -0.2) is 27.5 Å². The standard InChI is InChI=1S/C15H18N4OS/c1-3-16-12(9-21-15-17-10(2)18-19-15)14-8-11-6-4-5-7-13(11)20-14/h4-8,12,16H,3,9H2,1-2H3,(H,17,18,19). The Morgan fingerprint density at radius 2 is 2.24 bits per heavy atom. The zero-order valence-corrected chi connectivity index (χ0v) is 12.9. The maximum Gasteiger partial charge on any atom is 0.208 e. The lowest BCUT2D eigenvalue weighted by Gasteiger charge is -2.13. The zero-order chi connectivity index (χ0) is 14.7. The molecule has 0 bridgehead atoms. The SMILES string of the molecule is CCNC(CSc1n[nH]c(C)n1)c1cc2ccccc2o1. The highest BCUT2D eigenvalue weighted by Crippen LogP contribution is 2.27. The van der Waals surface area contributed by atoms with Crippen molar-refractivity contribution in [3.8, 4) is 0 Å². The lowest BCUT2D eigenvalue weighted by atomic mass is 10.2. The van der Waals surface area contributed by atoms with Gasteiger partial charge in [0.2, 0.25) is 5.16 Å². The second-order valence-corrected chi connectivity index (χ2v) is 5.80. The highest BCUT2D eigenvalue weighted by atomic mass is 32.2. The van der Waals surface area contributed by atoms with Gasteiger partial charge in [0, 0.05) is 11.1 Å². The number of rotatable bonds is 6. The summed E-state index contributed by atoms with van der Waals surface area (Å²) >= 11 is 1.62. The first kappa shape index (κ1) is 14.2. The van der Waals surface area contributed by atoms with Gasteiger partial charge in [0.25, 0.3) is 0 Å². The Labute approximate surface area is 127 Å². The topological polar surface area (TPSA) is 66.7 Å². The lowest BCUT2D eigenvalue weighted by molar-refractivity contribution is 0.463. The van der Waals surface area contributed by atoms with Crippen molar-refractivity contribution in [1.82, 2.24) is 20.5 Å². The fraction of sp³-hybridized carbons (Fsp3) is 0.333. The van der Waals surface area contributed by atoms with Crippen LogP contribution in [0.4, 0.5) is 0 Å². The van der Waals surface area contributed by atoms with Crippen molar-refractivity contribution in [3.63, 3.8) is 0 Å². The lowest BCUT2D eigenvalue weighted by Crippen LogP contribution is -2.22. The molecule has 5 nitrogen and oxygen atoms in total. The van der Waals surface area contributed by atoms with E-state index < -0.39 is 0 Å². The van der Waals surface area contributed by atoms with Crippen LogP contribution < -0.4 is 5.32 Å². The molecule has 0 spiro atoms. The van der Waals surface area contributed by atoms with Gasteiger partial charge in [-0.05, 0) is 25.6 Å². The third kappa shape index (κ3) is 3.28. The van der Waals surface area contributed by atoms with E-state index in [1.54, 1.807) is 11.8 Å². The molecule has 2 heterocycles. The Morgan fingerprint density at radius 3 is 2.95 bits per heavy atom. The molecule has 2 N–H and O–H groups in total. The van der Waals surface area contributed by atoms with E-state index in [4.69, 9.17) is 4.42 Å². The molecule has 2 aromatic heterocycles. The summed E-state index contributed by atoms with van der Waals surface area (Å²) in [5.74, 6) is 2.62. The third-order valence-electron chi connectivity index (χ3n) is 3.19. The minimum Gasteiger partial charge on any atom is -0.459 e. The van der Waals surface area contributed by atoms with Crippen LogP contribution >= 0.6 is 11.8 Å². The van der Waals surface area contributed by atoms with Gasteiger partial charge in [-0.25, -0.2) is 4.98 Å². The summed E-state index contributed by atoms with van der Waals surface area (Å²) in [5, 5.41) is 12.4. The van der Waals surface area contributed by atoms with Crippen LogP contribution in [-0.2, 0) is 0 Å². The van der Waals surface area contributed by atoms with Crippen molar-refractivity contribution in [2.24, 2.45) is 0 Å². The molecule has 6 heteroatoms. The Morgan fingerprint density at radius 1 is 1.38 bits per heavy atom. The molecule has 0 saturated carbocycles. The van der Waals surface area contributed by atoms with Crippen LogP contribution in [0.1, 0.15) is 24.6 Å². The Bertz CT molecular complexity index is 688. The number of thioether (sulfide) groups is 1. The fourth-order valence-electron chi connectivity index (χ4n) is 2.21. The van der Waals surface area contributed by atoms with Gasteiger partial charge in [-0.3, -0.25) is 5.10 Å². The fourth-order valence-corrected chi connectivity index (χ4v) is 3.12. The van der Waals surface area contributed by atoms with E-state index >= 15 is 0 Å². The number of H-pyrrole nitrogens is 1. The first-order chi connectivity index (χ1) is 10.3. The Kier molecular flexibility index (Phi) is 4.26. The summed E-state index contributed by atoms with van der Waals surface area (Å²) in [6.07, 6.45) is 0. The molecule has 0 amide bonds. The maximum atomic E-state index is 5.95. The molecule has 0 saturated heterocycles. The molecule has 3 rings (SSSR count). The van der Waals surface area contributed by atoms with Crippen molar-refractivity contribution in [2.75, 3.05) is 12.3 Å². The number of aryl methyl sites for hydroxylation is 1. The van der Waals surface area contributed by atoms with E-state index in [1.165, 1.54) is 0 Å². The van der Waals surface area contributed by atoms with Gasteiger partial charge in [-0.2, -0.15) is 0 Å². The molecule has 1 aromatic carbocycles. The van der Waals surface area contributed by atoms with Crippen molar-refractivity contribution >= 4 is 22.7 Å². The summed E-state index contributed by atoms with van der Waals surface area (Å²) in [5.41, 5.74) is 0.925. The van der Waals surface area contributed by atoms with Gasteiger partial charge in [0.15, 0.2) is 0 Å². The van der Waals surface area contributed by atoms with Crippen molar-refractivity contribution in [2.45, 2.75) is 25.0 Å². The van der Waals surface area contributed by atoms with Crippen LogP contribution in [0.2, 0.25) is 0 Å². The minimum atomic E-state index is 0.145. The van der Waals surface area contributed by atoms with Crippen LogP contribution in [0.3, 0.4) is 0 Å². The highest BCUT2D eigenvalue weighted by Gasteiger charge is 2.16. The first-order valence-corrected chi connectivity index (χ1v) is 7.98. The maximum absolute atomic E-state index is 5.95. The summed E-state index contributed by atoms with van der Waals surface area (Å²) in [6.45, 7) is 4.88. The van der Waals surface area contributed by atoms with Crippen molar-refractivity contribution in [3.05, 3.63) is 41.9 Å².